The van der Waals surface area contributed by atoms with Gasteiger partial charge < -0.3 is 14.6 Å². The molecular weight excluding hydrogens is 408 g/mol. The van der Waals surface area contributed by atoms with E-state index >= 15 is 0 Å². The van der Waals surface area contributed by atoms with E-state index in [1.54, 1.807) is 20.3 Å². The molecule has 0 amide bonds. The van der Waals surface area contributed by atoms with E-state index in [2.05, 4.69) is 11.7 Å². The summed E-state index contributed by atoms with van der Waals surface area (Å²) in [7, 11) is 3.15. The van der Waals surface area contributed by atoms with E-state index in [9.17, 15) is 14.7 Å². The molecular formula is C25H22N2O5. The van der Waals surface area contributed by atoms with Gasteiger partial charge in [0.2, 0.25) is 0 Å². The van der Waals surface area contributed by atoms with E-state index < -0.39 is 17.3 Å². The number of benzene rings is 2. The van der Waals surface area contributed by atoms with Crippen LogP contribution >= 0.6 is 0 Å². The maximum Gasteiger partial charge on any atom is 0.357 e. The van der Waals surface area contributed by atoms with E-state index in [-0.39, 0.29) is 5.69 Å². The number of aromatic carboxylic acids is 1. The topological polar surface area (TPSA) is 90.7 Å². The molecule has 2 aromatic carbocycles. The molecule has 0 spiro atoms. The molecule has 1 aromatic heterocycles. The van der Waals surface area contributed by atoms with Crippen LogP contribution in [0.3, 0.4) is 0 Å². The summed E-state index contributed by atoms with van der Waals surface area (Å²) in [4.78, 5) is 24.3. The van der Waals surface area contributed by atoms with Crippen LogP contribution in [0.1, 0.15) is 37.7 Å². The van der Waals surface area contributed by atoms with Crippen molar-refractivity contribution in [2.45, 2.75) is 11.8 Å². The number of carbonyl (C=O) groups excluding carboxylic acids is 1. The summed E-state index contributed by atoms with van der Waals surface area (Å²) in [6, 6.07) is 15.5. The van der Waals surface area contributed by atoms with Crippen molar-refractivity contribution in [3.63, 3.8) is 0 Å². The van der Waals surface area contributed by atoms with Gasteiger partial charge in [0, 0.05) is 17.4 Å². The molecule has 0 saturated carbocycles. The third kappa shape index (κ3) is 3.28. The molecule has 7 heteroatoms. The Balaban J connectivity index is 1.98. The fourth-order valence-electron chi connectivity index (χ4n) is 4.20. The van der Waals surface area contributed by atoms with Gasteiger partial charge in [0.1, 0.15) is 0 Å². The van der Waals surface area contributed by atoms with E-state index in [4.69, 9.17) is 9.47 Å². The predicted octanol–water partition coefficient (Wildman–Crippen LogP) is 3.98. The molecule has 1 unspecified atom stereocenters. The Morgan fingerprint density at radius 2 is 1.81 bits per heavy atom. The maximum absolute atomic E-state index is 12.5. The summed E-state index contributed by atoms with van der Waals surface area (Å²) in [6.07, 6.45) is 5.13. The summed E-state index contributed by atoms with van der Waals surface area (Å²) in [5.74, 6) is -0.514. The molecule has 3 aromatic rings. The molecule has 1 N–H and O–H groups in total. The first-order valence-electron chi connectivity index (χ1n) is 9.94. The first-order valence-corrected chi connectivity index (χ1v) is 9.94. The van der Waals surface area contributed by atoms with Gasteiger partial charge in [-0.15, -0.1) is 0 Å². The Morgan fingerprint density at radius 3 is 2.44 bits per heavy atom. The number of aromatic nitrogens is 2. The van der Waals surface area contributed by atoms with Crippen LogP contribution in [0.2, 0.25) is 0 Å². The molecule has 4 rings (SSSR count). The van der Waals surface area contributed by atoms with E-state index in [0.717, 1.165) is 21.9 Å². The van der Waals surface area contributed by atoms with Gasteiger partial charge in [-0.05, 0) is 29.3 Å². The molecule has 1 aliphatic carbocycles. The minimum Gasteiger partial charge on any atom is -0.493 e. The van der Waals surface area contributed by atoms with Gasteiger partial charge in [-0.1, -0.05) is 55.1 Å². The maximum atomic E-state index is 12.5. The minimum absolute atomic E-state index is 0.166. The van der Waals surface area contributed by atoms with Crippen molar-refractivity contribution in [1.29, 1.82) is 0 Å². The van der Waals surface area contributed by atoms with Gasteiger partial charge in [-0.25, -0.2) is 4.79 Å². The molecule has 0 radical (unpaired) electrons. The van der Waals surface area contributed by atoms with Gasteiger partial charge >= 0.3 is 5.97 Å². The number of carboxylic acids is 1. The molecule has 1 aliphatic rings. The summed E-state index contributed by atoms with van der Waals surface area (Å²) in [5.41, 5.74) is 1.94. The van der Waals surface area contributed by atoms with Crippen LogP contribution in [0.4, 0.5) is 0 Å². The monoisotopic (exact) mass is 430 g/mol. The fourth-order valence-corrected chi connectivity index (χ4v) is 4.20. The number of carboxylic acid groups (broad SMARTS) is 1. The highest BCUT2D eigenvalue weighted by Crippen LogP contribution is 2.44. The average molecular weight is 430 g/mol. The summed E-state index contributed by atoms with van der Waals surface area (Å²) in [5, 5.41) is 13.7. The Hall–Kier alpha value is -4.13. The van der Waals surface area contributed by atoms with Crippen molar-refractivity contribution in [2.75, 3.05) is 14.2 Å². The molecule has 0 saturated heterocycles. The smallest absolute Gasteiger partial charge is 0.357 e. The predicted molar refractivity (Wildman–Crippen MR) is 120 cm³/mol. The van der Waals surface area contributed by atoms with Crippen LogP contribution in [-0.2, 0) is 11.8 Å². The fraction of sp³-hybridized carbons (Fsp3) is 0.160. The van der Waals surface area contributed by atoms with Crippen molar-refractivity contribution in [3.8, 4) is 11.5 Å². The molecule has 0 fully saturated rings. The molecule has 0 bridgehead atoms. The van der Waals surface area contributed by atoms with Gasteiger partial charge in [-0.3, -0.25) is 4.79 Å². The summed E-state index contributed by atoms with van der Waals surface area (Å²) in [6.45, 7) is 3.53. The third-order valence-corrected chi connectivity index (χ3v) is 5.78. The zero-order valence-corrected chi connectivity index (χ0v) is 17.7. The van der Waals surface area contributed by atoms with Crippen LogP contribution in [0.5, 0.6) is 11.5 Å². The normalized spacial score (nSPS) is 16.8. The van der Waals surface area contributed by atoms with Gasteiger partial charge in [0.25, 0.3) is 5.91 Å². The first kappa shape index (κ1) is 21.1. The lowest BCUT2D eigenvalue weighted by atomic mass is 9.68. The summed E-state index contributed by atoms with van der Waals surface area (Å²) < 4.78 is 12.0. The molecule has 0 aliphatic heterocycles. The van der Waals surface area contributed by atoms with Gasteiger partial charge in [0.15, 0.2) is 17.2 Å². The molecule has 32 heavy (non-hydrogen) atoms. The largest absolute Gasteiger partial charge is 0.493 e. The van der Waals surface area contributed by atoms with Crippen LogP contribution in [0.25, 0.3) is 6.08 Å². The lowest BCUT2D eigenvalue weighted by molar-refractivity contribution is 0.0689. The van der Waals surface area contributed by atoms with E-state index in [1.165, 1.54) is 0 Å². The minimum atomic E-state index is -1.19. The van der Waals surface area contributed by atoms with Gasteiger partial charge in [-0.2, -0.15) is 9.78 Å². The highest BCUT2D eigenvalue weighted by Gasteiger charge is 2.39. The van der Waals surface area contributed by atoms with Gasteiger partial charge in [0.05, 0.1) is 19.9 Å². The van der Waals surface area contributed by atoms with Crippen molar-refractivity contribution in [1.82, 2.24) is 9.78 Å². The molecule has 162 valence electrons. The van der Waals surface area contributed by atoms with Crippen molar-refractivity contribution < 1.29 is 24.2 Å². The lowest BCUT2D eigenvalue weighted by Gasteiger charge is -2.35. The Morgan fingerprint density at radius 1 is 1.09 bits per heavy atom. The number of methoxy groups -OCH3 is 2. The second-order valence-corrected chi connectivity index (χ2v) is 7.39. The van der Waals surface area contributed by atoms with E-state index in [0.29, 0.717) is 29.2 Å². The van der Waals surface area contributed by atoms with Crippen LogP contribution in [0, 0.1) is 0 Å². The SMILES string of the molecule is C=CC(=O)n1nc(C(=O)O)c2c1CC(c1ccccc1)(c1ccc(OC)c(OC)c1)C=C2. The zero-order chi connectivity index (χ0) is 22.9. The van der Waals surface area contributed by atoms with Crippen molar-refractivity contribution >= 4 is 18.0 Å². The van der Waals surface area contributed by atoms with E-state index in [1.807, 2.05) is 54.6 Å². The Bertz CT molecular complexity index is 1240. The number of allylic oxidation sites excluding steroid dienone is 2. The van der Waals surface area contributed by atoms with Crippen molar-refractivity contribution in [3.05, 3.63) is 95.3 Å². The second-order valence-electron chi connectivity index (χ2n) is 7.39. The quantitative estimate of drug-likeness (QED) is 0.595. The second kappa shape index (κ2) is 8.19. The van der Waals surface area contributed by atoms with Crippen LogP contribution < -0.4 is 9.47 Å². The average Bonchev–Trinajstić information content (AvgIpc) is 3.22. The number of nitrogens with zero attached hydrogens (tertiary/aromatic N) is 2. The number of ether oxygens (including phenoxy) is 2. The summed E-state index contributed by atoms with van der Waals surface area (Å²) >= 11 is 0. The molecule has 1 atom stereocenters. The number of rotatable bonds is 6. The highest BCUT2D eigenvalue weighted by molar-refractivity contribution is 5.95. The molecule has 1 heterocycles. The number of carbonyl (C=O) groups is 2. The molecule has 7 nitrogen and oxygen atoms in total. The van der Waals surface area contributed by atoms with Crippen LogP contribution in [0.15, 0.2) is 67.3 Å². The zero-order valence-electron chi connectivity index (χ0n) is 17.7. The van der Waals surface area contributed by atoms with Crippen molar-refractivity contribution in [2.24, 2.45) is 0 Å². The lowest BCUT2D eigenvalue weighted by Crippen LogP contribution is -2.32. The number of hydrogen-bond acceptors (Lipinski definition) is 5. The third-order valence-electron chi connectivity index (χ3n) is 5.78. The Labute approximate surface area is 185 Å². The number of hydrogen-bond donors (Lipinski definition) is 1. The Kier molecular flexibility index (Phi) is 5.40. The van der Waals surface area contributed by atoms with Crippen LogP contribution in [-0.4, -0.2) is 41.0 Å². The number of fused-ring (bicyclic) bond motifs is 1. The standard InChI is InChI=1S/C25H22N2O5/c1-4-22(28)27-19-15-25(16-8-6-5-7-9-16,13-12-18(19)23(26-27)24(29)30)17-10-11-20(31-2)21(14-17)32-3/h4-14H,1,15H2,2-3H3,(H,29,30). The first-order chi connectivity index (χ1) is 15.4. The highest BCUT2D eigenvalue weighted by atomic mass is 16.5.